The van der Waals surface area contributed by atoms with E-state index >= 15 is 0 Å². The van der Waals surface area contributed by atoms with Crippen LogP contribution in [0, 0.1) is 5.82 Å². The number of hydrogen-bond acceptors (Lipinski definition) is 4. The summed E-state index contributed by atoms with van der Waals surface area (Å²) in [6.45, 7) is 4.82. The van der Waals surface area contributed by atoms with Gasteiger partial charge >= 0.3 is 6.03 Å². The highest BCUT2D eigenvalue weighted by atomic mass is 19.1. The van der Waals surface area contributed by atoms with Gasteiger partial charge in [0, 0.05) is 30.2 Å². The molecule has 1 heterocycles. The van der Waals surface area contributed by atoms with Crippen molar-refractivity contribution in [1.29, 1.82) is 0 Å². The highest BCUT2D eigenvalue weighted by Crippen LogP contribution is 2.36. The number of anilines is 2. The van der Waals surface area contributed by atoms with Gasteiger partial charge in [-0.3, -0.25) is 4.79 Å². The number of urea groups is 1. The Kier molecular flexibility index (Phi) is 6.79. The number of ether oxygens (including phenoxy) is 2. The Morgan fingerprint density at radius 2 is 1.86 bits per heavy atom. The zero-order chi connectivity index (χ0) is 20.8. The molecule has 2 N–H and O–H groups in total. The van der Waals surface area contributed by atoms with Gasteiger partial charge in [-0.25, -0.2) is 9.18 Å². The predicted molar refractivity (Wildman–Crippen MR) is 107 cm³/mol. The van der Waals surface area contributed by atoms with Gasteiger partial charge in [-0.05, 0) is 38.1 Å². The van der Waals surface area contributed by atoms with Gasteiger partial charge in [-0.1, -0.05) is 24.3 Å². The van der Waals surface area contributed by atoms with Gasteiger partial charge in [0.25, 0.3) is 5.91 Å². The summed E-state index contributed by atoms with van der Waals surface area (Å²) >= 11 is 0. The molecule has 2 aromatic rings. The van der Waals surface area contributed by atoms with Crippen LogP contribution in [0.15, 0.2) is 48.5 Å². The van der Waals surface area contributed by atoms with Crippen molar-refractivity contribution in [2.45, 2.75) is 26.2 Å². The maximum Gasteiger partial charge on any atom is 0.320 e. The van der Waals surface area contributed by atoms with E-state index < -0.39 is 24.2 Å². The van der Waals surface area contributed by atoms with E-state index in [1.807, 2.05) is 26.0 Å². The molecule has 1 aliphatic heterocycles. The van der Waals surface area contributed by atoms with Crippen LogP contribution < -0.4 is 15.5 Å². The highest BCUT2D eigenvalue weighted by Gasteiger charge is 2.39. The van der Waals surface area contributed by atoms with Crippen molar-refractivity contribution in [2.75, 3.05) is 30.0 Å². The van der Waals surface area contributed by atoms with Crippen LogP contribution in [0.4, 0.5) is 20.6 Å². The lowest BCUT2D eigenvalue weighted by molar-refractivity contribution is -0.135. The molecule has 0 radical (unpaired) electrons. The van der Waals surface area contributed by atoms with Crippen molar-refractivity contribution < 1.29 is 23.5 Å². The van der Waals surface area contributed by atoms with Crippen LogP contribution in [0.3, 0.4) is 0 Å². The van der Waals surface area contributed by atoms with Gasteiger partial charge in [0.05, 0.1) is 6.54 Å². The number of fused-ring (bicyclic) bond motifs is 1. The van der Waals surface area contributed by atoms with Gasteiger partial charge in [-0.2, -0.15) is 0 Å². The molecule has 0 aliphatic carbocycles. The molecule has 0 bridgehead atoms. The van der Waals surface area contributed by atoms with E-state index in [-0.39, 0.29) is 12.5 Å². The zero-order valence-electron chi connectivity index (χ0n) is 16.4. The SMILES string of the molecule is CCOC(CN1C(=O)C(NC(=O)Nc2cccc(F)c2)c2ccccc21)OCC. The molecule has 7 nitrogen and oxygen atoms in total. The molecule has 1 aliphatic rings. The zero-order valence-corrected chi connectivity index (χ0v) is 16.4. The van der Waals surface area contributed by atoms with Gasteiger partial charge in [-0.15, -0.1) is 0 Å². The van der Waals surface area contributed by atoms with Crippen LogP contribution in [-0.4, -0.2) is 38.0 Å². The summed E-state index contributed by atoms with van der Waals surface area (Å²) in [6, 6.07) is 11.3. The maximum atomic E-state index is 13.3. The monoisotopic (exact) mass is 401 g/mol. The Hall–Kier alpha value is -2.97. The predicted octanol–water partition coefficient (Wildman–Crippen LogP) is 3.43. The van der Waals surface area contributed by atoms with Crippen LogP contribution in [0.25, 0.3) is 0 Å². The summed E-state index contributed by atoms with van der Waals surface area (Å²) in [4.78, 5) is 27.0. The fourth-order valence-corrected chi connectivity index (χ4v) is 3.25. The smallest absolute Gasteiger partial charge is 0.320 e. The lowest BCUT2D eigenvalue weighted by Gasteiger charge is -2.24. The Labute approximate surface area is 168 Å². The van der Waals surface area contributed by atoms with Crippen LogP contribution >= 0.6 is 0 Å². The molecule has 154 valence electrons. The second-order valence-electron chi connectivity index (χ2n) is 6.39. The third-order valence-corrected chi connectivity index (χ3v) is 4.45. The van der Waals surface area contributed by atoms with Crippen LogP contribution in [0.1, 0.15) is 25.5 Å². The lowest BCUT2D eigenvalue weighted by Crippen LogP contribution is -2.43. The molecular formula is C21H24FN3O4. The summed E-state index contributed by atoms with van der Waals surface area (Å²) in [5.41, 5.74) is 1.67. The summed E-state index contributed by atoms with van der Waals surface area (Å²) in [6.07, 6.45) is -0.568. The summed E-state index contributed by atoms with van der Waals surface area (Å²) in [5.74, 6) is -0.751. The van der Waals surface area contributed by atoms with Crippen molar-refractivity contribution in [3.8, 4) is 0 Å². The average Bonchev–Trinajstić information content (AvgIpc) is 2.94. The first kappa shape index (κ1) is 20.8. The minimum atomic E-state index is -0.858. The third-order valence-electron chi connectivity index (χ3n) is 4.45. The van der Waals surface area contributed by atoms with Gasteiger partial charge in [0.1, 0.15) is 11.9 Å². The standard InChI is InChI=1S/C21H24FN3O4/c1-3-28-18(29-4-2)13-25-17-11-6-5-10-16(17)19(20(25)26)24-21(27)23-15-9-7-8-14(22)12-15/h5-12,18-19H,3-4,13H2,1-2H3,(H2,23,24,27). The number of carbonyl (C=O) groups excluding carboxylic acids is 2. The first-order chi connectivity index (χ1) is 14.0. The van der Waals surface area contributed by atoms with Crippen LogP contribution in [0.5, 0.6) is 0 Å². The molecule has 2 aromatic carbocycles. The Balaban J connectivity index is 1.75. The molecule has 0 spiro atoms. The molecular weight excluding hydrogens is 377 g/mol. The summed E-state index contributed by atoms with van der Waals surface area (Å²) in [7, 11) is 0. The average molecular weight is 401 g/mol. The fourth-order valence-electron chi connectivity index (χ4n) is 3.25. The van der Waals surface area contributed by atoms with Crippen molar-refractivity contribution in [1.82, 2.24) is 5.32 Å². The third kappa shape index (κ3) is 4.90. The Morgan fingerprint density at radius 1 is 1.14 bits per heavy atom. The van der Waals surface area contributed by atoms with E-state index in [1.54, 1.807) is 23.1 Å². The molecule has 0 saturated heterocycles. The number of para-hydroxylation sites is 1. The van der Waals surface area contributed by atoms with Crippen molar-refractivity contribution in [3.05, 3.63) is 59.9 Å². The fraction of sp³-hybridized carbons (Fsp3) is 0.333. The number of hydrogen-bond donors (Lipinski definition) is 2. The number of nitrogens with zero attached hydrogens (tertiary/aromatic N) is 1. The summed E-state index contributed by atoms with van der Waals surface area (Å²) < 4.78 is 24.4. The summed E-state index contributed by atoms with van der Waals surface area (Å²) in [5, 5.41) is 5.22. The number of amides is 3. The lowest BCUT2D eigenvalue weighted by atomic mass is 10.1. The molecule has 0 fully saturated rings. The molecule has 0 aromatic heterocycles. The van der Waals surface area contributed by atoms with Crippen molar-refractivity contribution >= 4 is 23.3 Å². The topological polar surface area (TPSA) is 79.9 Å². The molecule has 3 amide bonds. The van der Waals surface area contributed by atoms with Crippen molar-refractivity contribution in [3.63, 3.8) is 0 Å². The number of benzene rings is 2. The number of halogens is 1. The molecule has 8 heteroatoms. The highest BCUT2D eigenvalue weighted by molar-refractivity contribution is 6.07. The van der Waals surface area contributed by atoms with Crippen molar-refractivity contribution in [2.24, 2.45) is 0 Å². The van der Waals surface area contributed by atoms with E-state index in [4.69, 9.17) is 9.47 Å². The molecule has 1 unspecified atom stereocenters. The van der Waals surface area contributed by atoms with E-state index in [0.717, 1.165) is 0 Å². The normalized spacial score (nSPS) is 15.5. The first-order valence-corrected chi connectivity index (χ1v) is 9.50. The Bertz CT molecular complexity index is 871. The minimum Gasteiger partial charge on any atom is -0.351 e. The van der Waals surface area contributed by atoms with E-state index in [1.165, 1.54) is 18.2 Å². The minimum absolute atomic E-state index is 0.210. The number of carbonyl (C=O) groups is 2. The maximum absolute atomic E-state index is 13.3. The molecule has 29 heavy (non-hydrogen) atoms. The van der Waals surface area contributed by atoms with Gasteiger partial charge in [0.2, 0.25) is 0 Å². The van der Waals surface area contributed by atoms with Crippen LogP contribution in [0.2, 0.25) is 0 Å². The number of nitrogens with one attached hydrogen (secondary N) is 2. The Morgan fingerprint density at radius 3 is 2.55 bits per heavy atom. The second kappa shape index (κ2) is 9.49. The largest absolute Gasteiger partial charge is 0.351 e. The van der Waals surface area contributed by atoms with E-state index in [9.17, 15) is 14.0 Å². The molecule has 1 atom stereocenters. The van der Waals surface area contributed by atoms with Gasteiger partial charge < -0.3 is 25.0 Å². The second-order valence-corrected chi connectivity index (χ2v) is 6.39. The molecule has 0 saturated carbocycles. The molecule has 3 rings (SSSR count). The first-order valence-electron chi connectivity index (χ1n) is 9.50. The van der Waals surface area contributed by atoms with E-state index in [0.29, 0.717) is 30.2 Å². The van der Waals surface area contributed by atoms with Crippen LogP contribution in [-0.2, 0) is 14.3 Å². The van der Waals surface area contributed by atoms with Gasteiger partial charge in [0.15, 0.2) is 6.29 Å². The number of rotatable bonds is 8. The quantitative estimate of drug-likeness (QED) is 0.664. The van der Waals surface area contributed by atoms with E-state index in [2.05, 4.69) is 10.6 Å².